The Balaban J connectivity index is 2.86. The highest BCUT2D eigenvalue weighted by atomic mass is 16.4. The van der Waals surface area contributed by atoms with Gasteiger partial charge in [-0.1, -0.05) is 18.2 Å². The molecule has 0 saturated heterocycles. The Labute approximate surface area is 75.4 Å². The number of benzene rings is 1. The lowest BCUT2D eigenvalue weighted by Crippen LogP contribution is -2.31. The fraction of sp³-hybridized carbons (Fsp3) is 0.111. The van der Waals surface area contributed by atoms with Gasteiger partial charge in [-0.15, -0.1) is 0 Å². The molecule has 0 fully saturated rings. The van der Waals surface area contributed by atoms with Crippen LogP contribution in [0.3, 0.4) is 0 Å². The summed E-state index contributed by atoms with van der Waals surface area (Å²) in [4.78, 5) is 22.4. The Morgan fingerprint density at radius 3 is 2.23 bits per heavy atom. The second-order valence-electron chi connectivity index (χ2n) is 2.51. The Morgan fingerprint density at radius 2 is 1.77 bits per heavy atom. The summed E-state index contributed by atoms with van der Waals surface area (Å²) in [5, 5.41) is 8.52. The first kappa shape index (κ1) is 9.25. The second kappa shape index (κ2) is 3.71. The van der Waals surface area contributed by atoms with Gasteiger partial charge >= 0.3 is 6.09 Å². The standard InChI is InChI=1S/C9H9NO3/c1-10(9(12)13)8(11)7-5-3-2-4-6-7/h2-6H,1H3,(H,12,13). The minimum atomic E-state index is -1.26. The van der Waals surface area contributed by atoms with Crippen LogP contribution in [-0.4, -0.2) is 29.1 Å². The van der Waals surface area contributed by atoms with Crippen LogP contribution in [0.25, 0.3) is 0 Å². The molecule has 0 radical (unpaired) electrons. The molecular formula is C9H9NO3. The summed E-state index contributed by atoms with van der Waals surface area (Å²) in [7, 11) is 1.22. The maximum absolute atomic E-state index is 11.3. The van der Waals surface area contributed by atoms with Crippen LogP contribution in [0.2, 0.25) is 0 Å². The van der Waals surface area contributed by atoms with Crippen molar-refractivity contribution in [2.75, 3.05) is 7.05 Å². The van der Waals surface area contributed by atoms with E-state index in [2.05, 4.69) is 0 Å². The molecule has 1 aromatic carbocycles. The molecule has 0 aliphatic carbocycles. The van der Waals surface area contributed by atoms with Crippen LogP contribution < -0.4 is 0 Å². The predicted octanol–water partition coefficient (Wildman–Crippen LogP) is 1.44. The van der Waals surface area contributed by atoms with E-state index in [0.29, 0.717) is 10.5 Å². The van der Waals surface area contributed by atoms with Gasteiger partial charge in [-0.05, 0) is 12.1 Å². The molecule has 4 nitrogen and oxygen atoms in total. The highest BCUT2D eigenvalue weighted by Crippen LogP contribution is 2.02. The zero-order valence-corrected chi connectivity index (χ0v) is 7.10. The molecule has 1 rings (SSSR count). The van der Waals surface area contributed by atoms with Crippen molar-refractivity contribution in [2.24, 2.45) is 0 Å². The lowest BCUT2D eigenvalue weighted by molar-refractivity contribution is 0.0782. The van der Waals surface area contributed by atoms with E-state index >= 15 is 0 Å². The van der Waals surface area contributed by atoms with Crippen molar-refractivity contribution in [1.82, 2.24) is 4.90 Å². The molecule has 0 aromatic heterocycles. The Hall–Kier alpha value is -1.84. The first-order valence-electron chi connectivity index (χ1n) is 3.69. The summed E-state index contributed by atoms with van der Waals surface area (Å²) in [6, 6.07) is 8.27. The van der Waals surface area contributed by atoms with Gasteiger partial charge in [-0.25, -0.2) is 9.69 Å². The number of hydrogen-bond donors (Lipinski definition) is 1. The smallest absolute Gasteiger partial charge is 0.414 e. The largest absolute Gasteiger partial charge is 0.465 e. The van der Waals surface area contributed by atoms with Gasteiger partial charge in [0, 0.05) is 12.6 Å². The summed E-state index contributed by atoms with van der Waals surface area (Å²) in [5.74, 6) is -0.520. The van der Waals surface area contributed by atoms with Gasteiger partial charge in [0.2, 0.25) is 0 Å². The molecule has 68 valence electrons. The molecule has 0 bridgehead atoms. The van der Waals surface area contributed by atoms with Crippen LogP contribution in [0, 0.1) is 0 Å². The van der Waals surface area contributed by atoms with Gasteiger partial charge < -0.3 is 5.11 Å². The van der Waals surface area contributed by atoms with E-state index in [1.165, 1.54) is 7.05 Å². The molecule has 1 N–H and O–H groups in total. The topological polar surface area (TPSA) is 57.6 Å². The lowest BCUT2D eigenvalue weighted by Gasteiger charge is -2.10. The van der Waals surface area contributed by atoms with Crippen molar-refractivity contribution in [3.05, 3.63) is 35.9 Å². The molecule has 4 heteroatoms. The summed E-state index contributed by atoms with van der Waals surface area (Å²) < 4.78 is 0. The fourth-order valence-electron chi connectivity index (χ4n) is 0.861. The number of carbonyl (C=O) groups is 2. The Bertz CT molecular complexity index is 321. The van der Waals surface area contributed by atoms with E-state index in [0.717, 1.165) is 0 Å². The van der Waals surface area contributed by atoms with Crippen molar-refractivity contribution >= 4 is 12.0 Å². The van der Waals surface area contributed by atoms with Crippen LogP contribution >= 0.6 is 0 Å². The number of amides is 2. The molecule has 0 aliphatic rings. The first-order valence-corrected chi connectivity index (χ1v) is 3.69. The van der Waals surface area contributed by atoms with Crippen LogP contribution in [-0.2, 0) is 0 Å². The highest BCUT2D eigenvalue weighted by molar-refractivity contribution is 6.02. The third kappa shape index (κ3) is 2.05. The Morgan fingerprint density at radius 1 is 1.23 bits per heavy atom. The highest BCUT2D eigenvalue weighted by Gasteiger charge is 2.16. The lowest BCUT2D eigenvalue weighted by atomic mass is 10.2. The van der Waals surface area contributed by atoms with Crippen LogP contribution in [0.5, 0.6) is 0 Å². The average molecular weight is 179 g/mol. The molecule has 1 aromatic rings. The zero-order valence-electron chi connectivity index (χ0n) is 7.10. The minimum absolute atomic E-state index is 0.368. The molecule has 2 amide bonds. The van der Waals surface area contributed by atoms with E-state index < -0.39 is 12.0 Å². The average Bonchev–Trinajstić information content (AvgIpc) is 2.17. The van der Waals surface area contributed by atoms with Crippen LogP contribution in [0.15, 0.2) is 30.3 Å². The monoisotopic (exact) mass is 179 g/mol. The molecule has 0 spiro atoms. The van der Waals surface area contributed by atoms with Gasteiger partial charge in [0.15, 0.2) is 0 Å². The molecule has 13 heavy (non-hydrogen) atoms. The maximum Gasteiger partial charge on any atom is 0.414 e. The van der Waals surface area contributed by atoms with Gasteiger partial charge in [-0.2, -0.15) is 0 Å². The maximum atomic E-state index is 11.3. The van der Waals surface area contributed by atoms with Crippen LogP contribution in [0.4, 0.5) is 4.79 Å². The Kier molecular flexibility index (Phi) is 2.64. The summed E-state index contributed by atoms with van der Waals surface area (Å²) >= 11 is 0. The quantitative estimate of drug-likeness (QED) is 0.709. The van der Waals surface area contributed by atoms with Crippen LogP contribution in [0.1, 0.15) is 10.4 Å². The number of carboxylic acid groups (broad SMARTS) is 1. The van der Waals surface area contributed by atoms with E-state index in [4.69, 9.17) is 5.11 Å². The second-order valence-corrected chi connectivity index (χ2v) is 2.51. The number of imide groups is 1. The molecule has 0 unspecified atom stereocenters. The van der Waals surface area contributed by atoms with E-state index in [-0.39, 0.29) is 0 Å². The van der Waals surface area contributed by atoms with Crippen molar-refractivity contribution < 1.29 is 14.7 Å². The van der Waals surface area contributed by atoms with Crippen molar-refractivity contribution in [1.29, 1.82) is 0 Å². The molecule has 0 heterocycles. The first-order chi connectivity index (χ1) is 6.13. The zero-order chi connectivity index (χ0) is 9.84. The number of rotatable bonds is 1. The molecular weight excluding hydrogens is 170 g/mol. The SMILES string of the molecule is CN(C(=O)O)C(=O)c1ccccc1. The van der Waals surface area contributed by atoms with Crippen molar-refractivity contribution in [3.8, 4) is 0 Å². The molecule has 0 atom stereocenters. The van der Waals surface area contributed by atoms with E-state index in [9.17, 15) is 9.59 Å². The fourth-order valence-corrected chi connectivity index (χ4v) is 0.861. The van der Waals surface area contributed by atoms with E-state index in [1.54, 1.807) is 30.3 Å². The van der Waals surface area contributed by atoms with Crippen molar-refractivity contribution in [2.45, 2.75) is 0 Å². The molecule has 0 saturated carbocycles. The number of hydrogen-bond acceptors (Lipinski definition) is 2. The minimum Gasteiger partial charge on any atom is -0.465 e. The summed E-state index contributed by atoms with van der Waals surface area (Å²) in [5.41, 5.74) is 0.368. The number of nitrogens with zero attached hydrogens (tertiary/aromatic N) is 1. The third-order valence-corrected chi connectivity index (χ3v) is 1.61. The summed E-state index contributed by atoms with van der Waals surface area (Å²) in [6.45, 7) is 0. The number of carbonyl (C=O) groups excluding carboxylic acids is 1. The normalized spacial score (nSPS) is 9.31. The predicted molar refractivity (Wildman–Crippen MR) is 46.6 cm³/mol. The van der Waals surface area contributed by atoms with E-state index in [1.807, 2.05) is 0 Å². The summed E-state index contributed by atoms with van der Waals surface area (Å²) in [6.07, 6.45) is -1.26. The molecule has 0 aliphatic heterocycles. The van der Waals surface area contributed by atoms with Gasteiger partial charge in [0.25, 0.3) is 5.91 Å². The van der Waals surface area contributed by atoms with Gasteiger partial charge in [0.1, 0.15) is 0 Å². The van der Waals surface area contributed by atoms with Gasteiger partial charge in [0.05, 0.1) is 0 Å². The van der Waals surface area contributed by atoms with Gasteiger partial charge in [-0.3, -0.25) is 4.79 Å². The third-order valence-electron chi connectivity index (χ3n) is 1.61. The van der Waals surface area contributed by atoms with Crippen molar-refractivity contribution in [3.63, 3.8) is 0 Å².